The highest BCUT2D eigenvalue weighted by molar-refractivity contribution is 5.74. The van der Waals surface area contributed by atoms with E-state index in [0.717, 1.165) is 32.1 Å². The molecule has 0 saturated heterocycles. The normalized spacial score (nSPS) is 37.0. The molecular formula is C14H26N2O2. The van der Waals surface area contributed by atoms with E-state index in [4.69, 9.17) is 0 Å². The number of aliphatic hydroxyl groups excluding tert-OH is 1. The third-order valence-electron chi connectivity index (χ3n) is 4.46. The van der Waals surface area contributed by atoms with Crippen LogP contribution in [0.5, 0.6) is 0 Å². The smallest absolute Gasteiger partial charge is 0.315 e. The highest BCUT2D eigenvalue weighted by atomic mass is 16.3. The summed E-state index contributed by atoms with van der Waals surface area (Å²) in [5, 5.41) is 15.6. The van der Waals surface area contributed by atoms with E-state index in [0.29, 0.717) is 12.0 Å². The largest absolute Gasteiger partial charge is 0.393 e. The molecule has 0 radical (unpaired) electrons. The summed E-state index contributed by atoms with van der Waals surface area (Å²) in [7, 11) is 0. The molecule has 2 amide bonds. The second kappa shape index (κ2) is 6.41. The second-order valence-electron chi connectivity index (χ2n) is 5.99. The number of urea groups is 1. The molecule has 0 heterocycles. The van der Waals surface area contributed by atoms with Crippen molar-refractivity contribution in [2.45, 2.75) is 76.5 Å². The SMILES string of the molecule is CC1CCCCC1NC(=O)NC1CCC(O)CC1. The second-order valence-corrected chi connectivity index (χ2v) is 5.99. The first-order valence-corrected chi connectivity index (χ1v) is 7.40. The number of aliphatic hydroxyl groups is 1. The number of hydrogen-bond acceptors (Lipinski definition) is 2. The van der Waals surface area contributed by atoms with Crippen molar-refractivity contribution in [3.05, 3.63) is 0 Å². The van der Waals surface area contributed by atoms with Crippen LogP contribution in [-0.4, -0.2) is 29.3 Å². The Labute approximate surface area is 110 Å². The average Bonchev–Trinajstić information content (AvgIpc) is 2.35. The number of carbonyl (C=O) groups is 1. The molecule has 4 nitrogen and oxygen atoms in total. The monoisotopic (exact) mass is 254 g/mol. The van der Waals surface area contributed by atoms with E-state index in [1.54, 1.807) is 0 Å². The van der Waals surface area contributed by atoms with Crippen LogP contribution in [0.15, 0.2) is 0 Å². The van der Waals surface area contributed by atoms with Crippen molar-refractivity contribution >= 4 is 6.03 Å². The fraction of sp³-hybridized carbons (Fsp3) is 0.929. The standard InChI is InChI=1S/C14H26N2O2/c1-10-4-2-3-5-13(10)16-14(18)15-11-6-8-12(17)9-7-11/h10-13,17H,2-9H2,1H3,(H2,15,16,18). The van der Waals surface area contributed by atoms with Crippen LogP contribution in [-0.2, 0) is 0 Å². The molecule has 4 heteroatoms. The molecular weight excluding hydrogens is 228 g/mol. The third kappa shape index (κ3) is 3.87. The third-order valence-corrected chi connectivity index (χ3v) is 4.46. The van der Waals surface area contributed by atoms with Crippen LogP contribution in [0.25, 0.3) is 0 Å². The van der Waals surface area contributed by atoms with Gasteiger partial charge in [-0.25, -0.2) is 4.79 Å². The number of amides is 2. The molecule has 2 atom stereocenters. The van der Waals surface area contributed by atoms with Crippen molar-refractivity contribution in [3.63, 3.8) is 0 Å². The lowest BCUT2D eigenvalue weighted by molar-refractivity contribution is 0.117. The van der Waals surface area contributed by atoms with Crippen molar-refractivity contribution in [2.24, 2.45) is 5.92 Å². The van der Waals surface area contributed by atoms with E-state index in [2.05, 4.69) is 17.6 Å². The minimum Gasteiger partial charge on any atom is -0.393 e. The van der Waals surface area contributed by atoms with Crippen molar-refractivity contribution in [3.8, 4) is 0 Å². The van der Waals surface area contributed by atoms with Crippen LogP contribution >= 0.6 is 0 Å². The fourth-order valence-corrected chi connectivity index (χ4v) is 3.15. The lowest BCUT2D eigenvalue weighted by Crippen LogP contribution is -2.49. The topological polar surface area (TPSA) is 61.4 Å². The number of hydrogen-bond donors (Lipinski definition) is 3. The first kappa shape index (κ1) is 13.7. The Kier molecular flexibility index (Phi) is 4.87. The Hall–Kier alpha value is -0.770. The van der Waals surface area contributed by atoms with Gasteiger partial charge in [0.2, 0.25) is 0 Å². The van der Waals surface area contributed by atoms with Gasteiger partial charge in [-0.1, -0.05) is 19.8 Å². The average molecular weight is 254 g/mol. The summed E-state index contributed by atoms with van der Waals surface area (Å²) in [6.07, 6.45) is 8.11. The van der Waals surface area contributed by atoms with E-state index >= 15 is 0 Å². The minimum absolute atomic E-state index is 0.0184. The predicted molar refractivity (Wildman–Crippen MR) is 71.4 cm³/mol. The van der Waals surface area contributed by atoms with Gasteiger partial charge < -0.3 is 15.7 Å². The number of rotatable bonds is 2. The molecule has 2 aliphatic rings. The van der Waals surface area contributed by atoms with E-state index in [-0.39, 0.29) is 18.2 Å². The summed E-state index contributed by atoms with van der Waals surface area (Å²) in [6, 6.07) is 0.565. The maximum atomic E-state index is 11.9. The Morgan fingerprint density at radius 3 is 2.33 bits per heavy atom. The van der Waals surface area contributed by atoms with Crippen molar-refractivity contribution in [1.82, 2.24) is 10.6 Å². The van der Waals surface area contributed by atoms with Gasteiger partial charge in [-0.3, -0.25) is 0 Å². The molecule has 2 rings (SSSR count). The Balaban J connectivity index is 1.71. The van der Waals surface area contributed by atoms with Gasteiger partial charge in [0.05, 0.1) is 6.10 Å². The van der Waals surface area contributed by atoms with Crippen LogP contribution in [0.3, 0.4) is 0 Å². The van der Waals surface area contributed by atoms with E-state index in [1.807, 2.05) is 0 Å². The molecule has 2 aliphatic carbocycles. The molecule has 0 aliphatic heterocycles. The molecule has 2 saturated carbocycles. The summed E-state index contributed by atoms with van der Waals surface area (Å²) in [6.45, 7) is 2.22. The zero-order chi connectivity index (χ0) is 13.0. The van der Waals surface area contributed by atoms with Gasteiger partial charge in [-0.2, -0.15) is 0 Å². The van der Waals surface area contributed by atoms with Crippen molar-refractivity contribution in [2.75, 3.05) is 0 Å². The predicted octanol–water partition coefficient (Wildman–Crippen LogP) is 2.17. The van der Waals surface area contributed by atoms with Crippen molar-refractivity contribution in [1.29, 1.82) is 0 Å². The highest BCUT2D eigenvalue weighted by Gasteiger charge is 2.25. The van der Waals surface area contributed by atoms with Gasteiger partial charge in [-0.05, 0) is 44.4 Å². The lowest BCUT2D eigenvalue weighted by Gasteiger charge is -2.31. The zero-order valence-electron chi connectivity index (χ0n) is 11.3. The quantitative estimate of drug-likeness (QED) is 0.707. The van der Waals surface area contributed by atoms with Crippen LogP contribution in [0.1, 0.15) is 58.3 Å². The minimum atomic E-state index is -0.163. The molecule has 104 valence electrons. The van der Waals surface area contributed by atoms with Gasteiger partial charge in [0.25, 0.3) is 0 Å². The van der Waals surface area contributed by atoms with Gasteiger partial charge in [-0.15, -0.1) is 0 Å². The molecule has 0 aromatic carbocycles. The summed E-state index contributed by atoms with van der Waals surface area (Å²) < 4.78 is 0. The summed E-state index contributed by atoms with van der Waals surface area (Å²) >= 11 is 0. The lowest BCUT2D eigenvalue weighted by atomic mass is 9.86. The van der Waals surface area contributed by atoms with Gasteiger partial charge >= 0.3 is 6.03 Å². The van der Waals surface area contributed by atoms with E-state index < -0.39 is 0 Å². The van der Waals surface area contributed by atoms with Gasteiger partial charge in [0.15, 0.2) is 0 Å². The highest BCUT2D eigenvalue weighted by Crippen LogP contribution is 2.24. The molecule has 0 bridgehead atoms. The van der Waals surface area contributed by atoms with Crippen LogP contribution in [0.2, 0.25) is 0 Å². The maximum absolute atomic E-state index is 11.9. The Bertz CT molecular complexity index is 275. The van der Waals surface area contributed by atoms with Gasteiger partial charge in [0, 0.05) is 12.1 Å². The zero-order valence-corrected chi connectivity index (χ0v) is 11.3. The maximum Gasteiger partial charge on any atom is 0.315 e. The summed E-state index contributed by atoms with van der Waals surface area (Å²) in [5.41, 5.74) is 0. The van der Waals surface area contributed by atoms with Crippen molar-refractivity contribution < 1.29 is 9.90 Å². The van der Waals surface area contributed by atoms with Gasteiger partial charge in [0.1, 0.15) is 0 Å². The molecule has 0 aromatic heterocycles. The Morgan fingerprint density at radius 1 is 1.00 bits per heavy atom. The first-order valence-electron chi connectivity index (χ1n) is 7.40. The summed E-state index contributed by atoms with van der Waals surface area (Å²) in [5.74, 6) is 0.595. The van der Waals surface area contributed by atoms with Crippen LogP contribution in [0, 0.1) is 5.92 Å². The number of nitrogens with one attached hydrogen (secondary N) is 2. The Morgan fingerprint density at radius 2 is 1.67 bits per heavy atom. The van der Waals surface area contributed by atoms with E-state index in [9.17, 15) is 9.90 Å². The molecule has 2 fully saturated rings. The first-order chi connectivity index (χ1) is 8.65. The molecule has 3 N–H and O–H groups in total. The summed E-state index contributed by atoms with van der Waals surface area (Å²) in [4.78, 5) is 11.9. The molecule has 0 aromatic rings. The van der Waals surface area contributed by atoms with Crippen LogP contribution in [0.4, 0.5) is 4.79 Å². The molecule has 0 spiro atoms. The molecule has 18 heavy (non-hydrogen) atoms. The van der Waals surface area contributed by atoms with Crippen LogP contribution < -0.4 is 10.6 Å². The number of carbonyl (C=O) groups excluding carboxylic acids is 1. The van der Waals surface area contributed by atoms with E-state index in [1.165, 1.54) is 19.3 Å². The molecule has 2 unspecified atom stereocenters. The fourth-order valence-electron chi connectivity index (χ4n) is 3.15.